The average molecular weight is 370 g/mol. The largest absolute Gasteiger partial charge is 0.300 e. The number of imidazole rings is 1. The van der Waals surface area contributed by atoms with Crippen molar-refractivity contribution in [2.24, 2.45) is 0 Å². The van der Waals surface area contributed by atoms with Crippen LogP contribution in [0.2, 0.25) is 0 Å². The van der Waals surface area contributed by atoms with Crippen molar-refractivity contribution in [3.63, 3.8) is 0 Å². The van der Waals surface area contributed by atoms with Crippen molar-refractivity contribution >= 4 is 17.0 Å². The molecule has 5 rings (SSSR count). The van der Waals surface area contributed by atoms with Gasteiger partial charge in [0.2, 0.25) is 5.95 Å². The Morgan fingerprint density at radius 1 is 0.857 bits per heavy atom. The van der Waals surface area contributed by atoms with Gasteiger partial charge >= 0.3 is 0 Å². The van der Waals surface area contributed by atoms with Crippen LogP contribution >= 0.6 is 0 Å². The zero-order valence-electron chi connectivity index (χ0n) is 15.8. The van der Waals surface area contributed by atoms with Gasteiger partial charge in [-0.15, -0.1) is 0 Å². The third-order valence-corrected chi connectivity index (χ3v) is 5.42. The molecule has 5 heteroatoms. The molecule has 0 amide bonds. The summed E-state index contributed by atoms with van der Waals surface area (Å²) in [5, 5.41) is 0. The number of aromatic nitrogens is 3. The van der Waals surface area contributed by atoms with Crippen LogP contribution in [0.5, 0.6) is 0 Å². The minimum atomic E-state index is 0.825. The predicted molar refractivity (Wildman–Crippen MR) is 111 cm³/mol. The molecular weight excluding hydrogens is 346 g/mol. The number of quaternary nitrogens is 1. The van der Waals surface area contributed by atoms with E-state index in [0.717, 1.165) is 44.3 Å². The second kappa shape index (κ2) is 7.44. The van der Waals surface area contributed by atoms with Crippen molar-refractivity contribution in [1.29, 1.82) is 0 Å². The minimum Gasteiger partial charge on any atom is -0.300 e. The Hall–Kier alpha value is -3.18. The van der Waals surface area contributed by atoms with E-state index in [1.54, 1.807) is 4.90 Å². The molecular formula is C23H24N5+. The van der Waals surface area contributed by atoms with E-state index < -0.39 is 0 Å². The Morgan fingerprint density at radius 2 is 1.68 bits per heavy atom. The molecule has 0 radical (unpaired) electrons. The predicted octanol–water partition coefficient (Wildman–Crippen LogP) is 2.49. The molecule has 0 saturated carbocycles. The van der Waals surface area contributed by atoms with E-state index in [9.17, 15) is 0 Å². The third-order valence-electron chi connectivity index (χ3n) is 5.42. The van der Waals surface area contributed by atoms with Gasteiger partial charge < -0.3 is 4.90 Å². The molecule has 1 N–H and O–H groups in total. The zero-order chi connectivity index (χ0) is 18.8. The lowest BCUT2D eigenvalue weighted by molar-refractivity contribution is -0.924. The summed E-state index contributed by atoms with van der Waals surface area (Å²) in [6.45, 7) is 3.82. The number of hydrogen-bond acceptors (Lipinski definition) is 3. The van der Waals surface area contributed by atoms with E-state index in [-0.39, 0.29) is 0 Å². The lowest BCUT2D eigenvalue weighted by Gasteiger charge is -2.34. The highest BCUT2D eigenvalue weighted by atomic mass is 15.5. The van der Waals surface area contributed by atoms with Gasteiger partial charge in [0.25, 0.3) is 0 Å². The summed E-state index contributed by atoms with van der Waals surface area (Å²) < 4.78 is 2.37. The lowest BCUT2D eigenvalue weighted by Crippen LogP contribution is -3.14. The van der Waals surface area contributed by atoms with Gasteiger partial charge in [0.15, 0.2) is 13.3 Å². The Morgan fingerprint density at radius 3 is 2.54 bits per heavy atom. The van der Waals surface area contributed by atoms with Crippen LogP contribution in [0, 0.1) is 0 Å². The molecule has 3 heterocycles. The van der Waals surface area contributed by atoms with E-state index in [4.69, 9.17) is 4.98 Å². The Bertz CT molecular complexity index is 1060. The van der Waals surface area contributed by atoms with Gasteiger partial charge in [0, 0.05) is 18.8 Å². The number of fused-ring (bicyclic) bond motifs is 3. The summed E-state index contributed by atoms with van der Waals surface area (Å²) in [7, 11) is 0. The van der Waals surface area contributed by atoms with Crippen LogP contribution in [0.15, 0.2) is 79.1 Å². The molecule has 28 heavy (non-hydrogen) atoms. The summed E-state index contributed by atoms with van der Waals surface area (Å²) in [6, 6.07) is 23.3. The SMILES string of the molecule is c1ccc(CC[NH+]2CN(Cc3cccnc3)c3nc4ccccc4n3C2)cc1. The molecule has 1 aliphatic rings. The fraction of sp³-hybridized carbons (Fsp3) is 0.217. The first-order chi connectivity index (χ1) is 13.9. The highest BCUT2D eigenvalue weighted by Crippen LogP contribution is 2.24. The molecule has 0 fully saturated rings. The molecule has 1 atom stereocenters. The van der Waals surface area contributed by atoms with Crippen LogP contribution in [-0.2, 0) is 19.6 Å². The second-order valence-electron chi connectivity index (χ2n) is 7.44. The van der Waals surface area contributed by atoms with Crippen molar-refractivity contribution in [3.05, 3.63) is 90.3 Å². The Balaban J connectivity index is 1.44. The standard InChI is InChI=1S/C23H23N5/c1-2-7-19(8-3-1)12-14-26-17-27(16-20-9-6-13-24-15-20)23-25-21-10-4-5-11-22(21)28(23)18-26/h1-11,13,15H,12,14,16-18H2/p+1. The maximum Gasteiger partial charge on any atom is 0.215 e. The number of rotatable bonds is 5. The van der Waals surface area contributed by atoms with Gasteiger partial charge in [0.1, 0.15) is 0 Å². The number of nitrogens with one attached hydrogen (secondary N) is 1. The minimum absolute atomic E-state index is 0.825. The summed E-state index contributed by atoms with van der Waals surface area (Å²) in [4.78, 5) is 13.2. The van der Waals surface area contributed by atoms with Gasteiger partial charge in [-0.3, -0.25) is 14.5 Å². The first-order valence-electron chi connectivity index (χ1n) is 9.83. The molecule has 1 unspecified atom stereocenters. The molecule has 0 aliphatic carbocycles. The lowest BCUT2D eigenvalue weighted by atomic mass is 10.1. The summed E-state index contributed by atoms with van der Waals surface area (Å²) in [5.41, 5.74) is 4.89. The van der Waals surface area contributed by atoms with Crippen LogP contribution in [-0.4, -0.2) is 27.7 Å². The summed E-state index contributed by atoms with van der Waals surface area (Å²) in [6.07, 6.45) is 4.86. The maximum atomic E-state index is 4.94. The fourth-order valence-electron chi connectivity index (χ4n) is 4.04. The quantitative estimate of drug-likeness (QED) is 0.587. The number of benzene rings is 2. The molecule has 0 saturated heterocycles. The van der Waals surface area contributed by atoms with Crippen LogP contribution in [0.4, 0.5) is 5.95 Å². The topological polar surface area (TPSA) is 38.4 Å². The molecule has 2 aromatic heterocycles. The maximum absolute atomic E-state index is 4.94. The third kappa shape index (κ3) is 3.37. The van der Waals surface area contributed by atoms with Crippen molar-refractivity contribution in [2.45, 2.75) is 19.6 Å². The van der Waals surface area contributed by atoms with E-state index in [0.29, 0.717) is 0 Å². The van der Waals surface area contributed by atoms with Crippen molar-refractivity contribution in [3.8, 4) is 0 Å². The number of nitrogens with zero attached hydrogens (tertiary/aromatic N) is 4. The van der Waals surface area contributed by atoms with Crippen molar-refractivity contribution in [2.75, 3.05) is 18.1 Å². The normalized spacial score (nSPS) is 16.3. The van der Waals surface area contributed by atoms with Crippen LogP contribution in [0.3, 0.4) is 0 Å². The number of para-hydroxylation sites is 2. The first-order valence-corrected chi connectivity index (χ1v) is 9.83. The summed E-state index contributed by atoms with van der Waals surface area (Å²) in [5.74, 6) is 1.06. The Labute approximate surface area is 164 Å². The molecule has 4 aromatic rings. The molecule has 2 aromatic carbocycles. The fourth-order valence-corrected chi connectivity index (χ4v) is 4.04. The van der Waals surface area contributed by atoms with Crippen LogP contribution < -0.4 is 9.80 Å². The van der Waals surface area contributed by atoms with Gasteiger partial charge in [-0.2, -0.15) is 0 Å². The Kier molecular flexibility index (Phi) is 4.51. The van der Waals surface area contributed by atoms with Crippen molar-refractivity contribution in [1.82, 2.24) is 14.5 Å². The van der Waals surface area contributed by atoms with E-state index in [2.05, 4.69) is 75.1 Å². The van der Waals surface area contributed by atoms with E-state index in [1.807, 2.05) is 18.5 Å². The highest BCUT2D eigenvalue weighted by Gasteiger charge is 2.28. The molecule has 140 valence electrons. The first kappa shape index (κ1) is 17.0. The van der Waals surface area contributed by atoms with Gasteiger partial charge in [-0.1, -0.05) is 48.5 Å². The monoisotopic (exact) mass is 370 g/mol. The molecule has 5 nitrogen and oxygen atoms in total. The summed E-state index contributed by atoms with van der Waals surface area (Å²) >= 11 is 0. The van der Waals surface area contributed by atoms with Crippen LogP contribution in [0.25, 0.3) is 11.0 Å². The van der Waals surface area contributed by atoms with Gasteiger partial charge in [0.05, 0.1) is 24.1 Å². The van der Waals surface area contributed by atoms with Crippen LogP contribution in [0.1, 0.15) is 11.1 Å². The molecule has 0 spiro atoms. The molecule has 0 bridgehead atoms. The number of hydrogen-bond donors (Lipinski definition) is 1. The smallest absolute Gasteiger partial charge is 0.215 e. The highest BCUT2D eigenvalue weighted by molar-refractivity contribution is 5.78. The van der Waals surface area contributed by atoms with Gasteiger partial charge in [-0.05, 0) is 29.3 Å². The average Bonchev–Trinajstić information content (AvgIpc) is 3.13. The van der Waals surface area contributed by atoms with E-state index in [1.165, 1.54) is 16.6 Å². The second-order valence-corrected chi connectivity index (χ2v) is 7.44. The number of anilines is 1. The van der Waals surface area contributed by atoms with Gasteiger partial charge in [-0.25, -0.2) is 4.98 Å². The zero-order valence-corrected chi connectivity index (χ0v) is 15.8. The van der Waals surface area contributed by atoms with Crippen molar-refractivity contribution < 1.29 is 4.90 Å². The number of pyridine rings is 1. The van der Waals surface area contributed by atoms with E-state index >= 15 is 0 Å². The molecule has 1 aliphatic heterocycles.